The van der Waals surface area contributed by atoms with E-state index in [9.17, 15) is 14.0 Å². The highest BCUT2D eigenvalue weighted by molar-refractivity contribution is 7.80. The van der Waals surface area contributed by atoms with Gasteiger partial charge in [-0.15, -0.1) is 0 Å². The maximum Gasteiger partial charge on any atom is 0.270 e. The molecule has 7 heteroatoms. The van der Waals surface area contributed by atoms with E-state index in [1.807, 2.05) is 25.1 Å². The van der Waals surface area contributed by atoms with Crippen LogP contribution in [0, 0.1) is 12.7 Å². The fourth-order valence-electron chi connectivity index (χ4n) is 3.65. The second kappa shape index (κ2) is 7.75. The molecule has 29 heavy (non-hydrogen) atoms. The molecule has 2 amide bonds. The van der Waals surface area contributed by atoms with Crippen LogP contribution < -0.4 is 15.1 Å². The minimum Gasteiger partial charge on any atom is -0.371 e. The van der Waals surface area contributed by atoms with Gasteiger partial charge in [0.15, 0.2) is 5.11 Å². The van der Waals surface area contributed by atoms with E-state index >= 15 is 0 Å². The highest BCUT2D eigenvalue weighted by atomic mass is 32.1. The number of amides is 2. The summed E-state index contributed by atoms with van der Waals surface area (Å²) in [5.41, 5.74) is 2.25. The summed E-state index contributed by atoms with van der Waals surface area (Å²) < 4.78 is 14.7. The molecule has 148 valence electrons. The van der Waals surface area contributed by atoms with Crippen molar-refractivity contribution in [2.75, 3.05) is 22.9 Å². The first-order valence-corrected chi connectivity index (χ1v) is 9.88. The Morgan fingerprint density at radius 2 is 1.83 bits per heavy atom. The van der Waals surface area contributed by atoms with Crippen LogP contribution in [0.25, 0.3) is 6.08 Å². The summed E-state index contributed by atoms with van der Waals surface area (Å²) >= 11 is 5.21. The SMILES string of the molecule is Cc1ccccc1N1C(=O)/C(=C/c2ccc(N3CCCC3)cc2F)C(=O)NC1=S. The fourth-order valence-corrected chi connectivity index (χ4v) is 3.93. The van der Waals surface area contributed by atoms with Crippen molar-refractivity contribution in [3.05, 3.63) is 65.0 Å². The quantitative estimate of drug-likeness (QED) is 0.478. The summed E-state index contributed by atoms with van der Waals surface area (Å²) in [5.74, 6) is -1.68. The lowest BCUT2D eigenvalue weighted by Crippen LogP contribution is -2.54. The average molecular weight is 409 g/mol. The molecule has 2 aliphatic heterocycles. The Bertz CT molecular complexity index is 1040. The van der Waals surface area contributed by atoms with Crippen molar-refractivity contribution < 1.29 is 14.0 Å². The molecule has 2 fully saturated rings. The summed E-state index contributed by atoms with van der Waals surface area (Å²) in [5, 5.41) is 2.54. The number of rotatable bonds is 3. The monoisotopic (exact) mass is 409 g/mol. The van der Waals surface area contributed by atoms with Crippen LogP contribution >= 0.6 is 12.2 Å². The molecule has 0 aromatic heterocycles. The van der Waals surface area contributed by atoms with Gasteiger partial charge in [0.2, 0.25) is 0 Å². The number of nitrogens with zero attached hydrogens (tertiary/aromatic N) is 2. The molecule has 0 radical (unpaired) electrons. The standard InChI is InChI=1S/C22H20FN3O2S/c1-14-6-2-3-7-19(14)26-21(28)17(20(27)24-22(26)29)12-15-8-9-16(13-18(15)23)25-10-4-5-11-25/h2-3,6-9,12-13H,4-5,10-11H2,1H3,(H,24,27,29)/b17-12+. The van der Waals surface area contributed by atoms with Crippen LogP contribution in [0.3, 0.4) is 0 Å². The smallest absolute Gasteiger partial charge is 0.270 e. The van der Waals surface area contributed by atoms with Crippen LogP contribution in [-0.4, -0.2) is 30.0 Å². The Labute approximate surface area is 173 Å². The van der Waals surface area contributed by atoms with Crippen LogP contribution in [0.5, 0.6) is 0 Å². The van der Waals surface area contributed by atoms with Gasteiger partial charge < -0.3 is 4.90 Å². The Balaban J connectivity index is 1.69. The van der Waals surface area contributed by atoms with Gasteiger partial charge in [0.25, 0.3) is 11.8 Å². The summed E-state index contributed by atoms with van der Waals surface area (Å²) in [6, 6.07) is 12.1. The van der Waals surface area contributed by atoms with Gasteiger partial charge >= 0.3 is 0 Å². The molecule has 0 aliphatic carbocycles. The van der Waals surface area contributed by atoms with Crippen molar-refractivity contribution in [2.45, 2.75) is 19.8 Å². The first-order chi connectivity index (χ1) is 14.0. The molecule has 4 rings (SSSR count). The number of carbonyl (C=O) groups excluding carboxylic acids is 2. The molecule has 0 atom stereocenters. The number of aryl methyl sites for hydroxylation is 1. The largest absolute Gasteiger partial charge is 0.371 e. The highest BCUT2D eigenvalue weighted by Gasteiger charge is 2.35. The van der Waals surface area contributed by atoms with E-state index in [4.69, 9.17) is 12.2 Å². The summed E-state index contributed by atoms with van der Waals surface area (Å²) in [6.45, 7) is 3.66. The highest BCUT2D eigenvalue weighted by Crippen LogP contribution is 2.27. The van der Waals surface area contributed by atoms with E-state index in [1.165, 1.54) is 17.0 Å². The number of halogens is 1. The first kappa shape index (κ1) is 19.3. The van der Waals surface area contributed by atoms with Gasteiger partial charge in [-0.3, -0.25) is 19.8 Å². The molecule has 0 spiro atoms. The average Bonchev–Trinajstić information content (AvgIpc) is 3.22. The Morgan fingerprint density at radius 3 is 2.52 bits per heavy atom. The topological polar surface area (TPSA) is 52.7 Å². The predicted molar refractivity (Wildman–Crippen MR) is 115 cm³/mol. The lowest BCUT2D eigenvalue weighted by atomic mass is 10.0. The van der Waals surface area contributed by atoms with Crippen molar-refractivity contribution in [1.82, 2.24) is 5.32 Å². The third kappa shape index (κ3) is 3.65. The van der Waals surface area contributed by atoms with Gasteiger partial charge in [-0.25, -0.2) is 4.39 Å². The molecule has 1 N–H and O–H groups in total. The number of hydrogen-bond acceptors (Lipinski definition) is 4. The molecule has 2 aromatic rings. The molecule has 0 unspecified atom stereocenters. The third-order valence-electron chi connectivity index (χ3n) is 5.21. The number of anilines is 2. The molecule has 2 saturated heterocycles. The van der Waals surface area contributed by atoms with Gasteiger partial charge in [0.05, 0.1) is 5.69 Å². The number of para-hydroxylation sites is 1. The van der Waals surface area contributed by atoms with Gasteiger partial charge in [-0.05, 0) is 67.9 Å². The molecule has 2 aromatic carbocycles. The van der Waals surface area contributed by atoms with Crippen LogP contribution in [0.2, 0.25) is 0 Å². The van der Waals surface area contributed by atoms with Crippen molar-refractivity contribution >= 4 is 46.6 Å². The lowest BCUT2D eigenvalue weighted by Gasteiger charge is -2.30. The number of carbonyl (C=O) groups is 2. The molecule has 2 aliphatic rings. The van der Waals surface area contributed by atoms with E-state index in [1.54, 1.807) is 18.2 Å². The number of thiocarbonyl (C=S) groups is 1. The molecule has 0 bridgehead atoms. The predicted octanol–water partition coefficient (Wildman–Crippen LogP) is 3.57. The molecular formula is C22H20FN3O2S. The van der Waals surface area contributed by atoms with Gasteiger partial charge in [0, 0.05) is 24.3 Å². The second-order valence-electron chi connectivity index (χ2n) is 7.14. The van der Waals surface area contributed by atoms with Crippen molar-refractivity contribution in [2.24, 2.45) is 0 Å². The molecular weight excluding hydrogens is 389 g/mol. The third-order valence-corrected chi connectivity index (χ3v) is 5.50. The van der Waals surface area contributed by atoms with Crippen LogP contribution in [0.1, 0.15) is 24.0 Å². The minimum atomic E-state index is -0.632. The number of hydrogen-bond donors (Lipinski definition) is 1. The maximum absolute atomic E-state index is 14.7. The zero-order valence-electron chi connectivity index (χ0n) is 15.9. The first-order valence-electron chi connectivity index (χ1n) is 9.47. The van der Waals surface area contributed by atoms with Gasteiger partial charge in [-0.1, -0.05) is 18.2 Å². The van der Waals surface area contributed by atoms with Crippen molar-refractivity contribution in [3.8, 4) is 0 Å². The van der Waals surface area contributed by atoms with Crippen LogP contribution in [-0.2, 0) is 9.59 Å². The van der Waals surface area contributed by atoms with Gasteiger partial charge in [0.1, 0.15) is 11.4 Å². The molecule has 0 saturated carbocycles. The Hall–Kier alpha value is -3.06. The van der Waals surface area contributed by atoms with Crippen molar-refractivity contribution in [1.29, 1.82) is 0 Å². The van der Waals surface area contributed by atoms with Gasteiger partial charge in [-0.2, -0.15) is 0 Å². The zero-order chi connectivity index (χ0) is 20.5. The second-order valence-corrected chi connectivity index (χ2v) is 7.53. The number of nitrogens with one attached hydrogen (secondary N) is 1. The zero-order valence-corrected chi connectivity index (χ0v) is 16.8. The van der Waals surface area contributed by atoms with Crippen LogP contribution in [0.15, 0.2) is 48.0 Å². The van der Waals surface area contributed by atoms with Crippen LogP contribution in [0.4, 0.5) is 15.8 Å². The van der Waals surface area contributed by atoms with E-state index in [-0.39, 0.29) is 16.2 Å². The number of benzene rings is 2. The normalized spacial score (nSPS) is 18.6. The summed E-state index contributed by atoms with van der Waals surface area (Å²) in [4.78, 5) is 28.9. The Morgan fingerprint density at radius 1 is 1.10 bits per heavy atom. The van der Waals surface area contributed by atoms with E-state index in [2.05, 4.69) is 10.2 Å². The molecule has 5 nitrogen and oxygen atoms in total. The summed E-state index contributed by atoms with van der Waals surface area (Å²) in [6.07, 6.45) is 3.47. The Kier molecular flexibility index (Phi) is 5.15. The van der Waals surface area contributed by atoms with E-state index < -0.39 is 17.6 Å². The summed E-state index contributed by atoms with van der Waals surface area (Å²) in [7, 11) is 0. The lowest BCUT2D eigenvalue weighted by molar-refractivity contribution is -0.122. The van der Waals surface area contributed by atoms with E-state index in [0.29, 0.717) is 5.69 Å². The molecule has 2 heterocycles. The fraction of sp³-hybridized carbons (Fsp3) is 0.227. The maximum atomic E-state index is 14.7. The minimum absolute atomic E-state index is 0.0105. The van der Waals surface area contributed by atoms with Crippen molar-refractivity contribution in [3.63, 3.8) is 0 Å². The van der Waals surface area contributed by atoms with E-state index in [0.717, 1.165) is 37.2 Å².